The second-order valence-electron chi connectivity index (χ2n) is 2.57. The lowest BCUT2D eigenvalue weighted by Gasteiger charge is -2.06. The first-order valence-electron chi connectivity index (χ1n) is 3.63. The SMILES string of the molecule is COc1cc(C)c(CO)cc1F. The topological polar surface area (TPSA) is 29.5 Å². The quantitative estimate of drug-likeness (QED) is 0.731. The molecule has 0 aliphatic heterocycles. The van der Waals surface area contributed by atoms with Crippen molar-refractivity contribution in [1.82, 2.24) is 0 Å². The summed E-state index contributed by atoms with van der Waals surface area (Å²) in [5.41, 5.74) is 1.42. The number of halogens is 1. The minimum Gasteiger partial charge on any atom is -0.494 e. The Bertz CT molecular complexity index is 254. The molecular formula is C9H11FO2. The van der Waals surface area contributed by atoms with Gasteiger partial charge in [-0.25, -0.2) is 4.39 Å². The highest BCUT2D eigenvalue weighted by Crippen LogP contribution is 2.21. The van der Waals surface area contributed by atoms with Crippen LogP contribution in [0.3, 0.4) is 0 Å². The van der Waals surface area contributed by atoms with Crippen molar-refractivity contribution in [3.63, 3.8) is 0 Å². The van der Waals surface area contributed by atoms with E-state index >= 15 is 0 Å². The highest BCUT2D eigenvalue weighted by Gasteiger charge is 2.05. The van der Waals surface area contributed by atoms with E-state index in [0.717, 1.165) is 5.56 Å². The first kappa shape index (κ1) is 9.00. The van der Waals surface area contributed by atoms with E-state index in [1.54, 1.807) is 13.0 Å². The first-order valence-corrected chi connectivity index (χ1v) is 3.63. The third-order valence-electron chi connectivity index (χ3n) is 1.78. The Labute approximate surface area is 70.6 Å². The van der Waals surface area contributed by atoms with Gasteiger partial charge in [-0.1, -0.05) is 0 Å². The smallest absolute Gasteiger partial charge is 0.165 e. The van der Waals surface area contributed by atoms with Crippen molar-refractivity contribution in [2.24, 2.45) is 0 Å². The summed E-state index contributed by atoms with van der Waals surface area (Å²) in [5.74, 6) is -0.225. The molecule has 0 saturated heterocycles. The van der Waals surface area contributed by atoms with Gasteiger partial charge in [0.25, 0.3) is 0 Å². The zero-order valence-electron chi connectivity index (χ0n) is 7.10. The summed E-state index contributed by atoms with van der Waals surface area (Å²) in [4.78, 5) is 0. The van der Waals surface area contributed by atoms with Crippen molar-refractivity contribution in [3.05, 3.63) is 29.1 Å². The van der Waals surface area contributed by atoms with Crippen molar-refractivity contribution in [3.8, 4) is 5.75 Å². The third kappa shape index (κ3) is 1.56. The molecule has 0 aromatic heterocycles. The van der Waals surface area contributed by atoms with Crippen LogP contribution in [0.1, 0.15) is 11.1 Å². The van der Waals surface area contributed by atoms with E-state index in [-0.39, 0.29) is 12.4 Å². The minimum absolute atomic E-state index is 0.146. The summed E-state index contributed by atoms with van der Waals surface area (Å²) in [7, 11) is 1.41. The Hall–Kier alpha value is -1.09. The molecule has 2 nitrogen and oxygen atoms in total. The average Bonchev–Trinajstić information content (AvgIpc) is 2.08. The van der Waals surface area contributed by atoms with Gasteiger partial charge in [0, 0.05) is 0 Å². The van der Waals surface area contributed by atoms with E-state index in [4.69, 9.17) is 9.84 Å². The average molecular weight is 170 g/mol. The van der Waals surface area contributed by atoms with Gasteiger partial charge in [0.1, 0.15) is 0 Å². The molecule has 0 bridgehead atoms. The summed E-state index contributed by atoms with van der Waals surface area (Å²) < 4.78 is 17.7. The molecule has 1 N–H and O–H groups in total. The lowest BCUT2D eigenvalue weighted by atomic mass is 10.1. The summed E-state index contributed by atoms with van der Waals surface area (Å²) in [5, 5.41) is 8.80. The molecule has 0 aliphatic carbocycles. The Morgan fingerprint density at radius 2 is 2.17 bits per heavy atom. The van der Waals surface area contributed by atoms with E-state index in [1.165, 1.54) is 13.2 Å². The molecule has 0 heterocycles. The second kappa shape index (κ2) is 3.54. The molecule has 0 amide bonds. The predicted octanol–water partition coefficient (Wildman–Crippen LogP) is 1.64. The molecule has 0 atom stereocenters. The van der Waals surface area contributed by atoms with Crippen LogP contribution in [-0.4, -0.2) is 12.2 Å². The highest BCUT2D eigenvalue weighted by atomic mass is 19.1. The molecule has 3 heteroatoms. The van der Waals surface area contributed by atoms with Crippen molar-refractivity contribution in [1.29, 1.82) is 0 Å². The molecule has 0 radical (unpaired) electrons. The van der Waals surface area contributed by atoms with Crippen LogP contribution in [0.15, 0.2) is 12.1 Å². The summed E-state index contributed by atoms with van der Waals surface area (Å²) in [6, 6.07) is 2.86. The van der Waals surface area contributed by atoms with Crippen LogP contribution in [0.25, 0.3) is 0 Å². The molecule has 0 spiro atoms. The molecule has 1 aromatic carbocycles. The van der Waals surface area contributed by atoms with Crippen LogP contribution < -0.4 is 4.74 Å². The van der Waals surface area contributed by atoms with Gasteiger partial charge in [-0.05, 0) is 30.2 Å². The maximum Gasteiger partial charge on any atom is 0.165 e. The molecule has 0 fully saturated rings. The van der Waals surface area contributed by atoms with Gasteiger partial charge < -0.3 is 9.84 Å². The van der Waals surface area contributed by atoms with Gasteiger partial charge in [0.2, 0.25) is 0 Å². The molecule has 0 unspecified atom stereocenters. The van der Waals surface area contributed by atoms with E-state index in [1.807, 2.05) is 0 Å². The number of methoxy groups -OCH3 is 1. The van der Waals surface area contributed by atoms with E-state index in [2.05, 4.69) is 0 Å². The normalized spacial score (nSPS) is 10.0. The van der Waals surface area contributed by atoms with E-state index < -0.39 is 5.82 Å². The van der Waals surface area contributed by atoms with Gasteiger partial charge in [-0.2, -0.15) is 0 Å². The van der Waals surface area contributed by atoms with Crippen LogP contribution in [0.5, 0.6) is 5.75 Å². The summed E-state index contributed by atoms with van der Waals surface area (Å²) in [6.45, 7) is 1.65. The molecule has 0 saturated carbocycles. The fourth-order valence-corrected chi connectivity index (χ4v) is 1.02. The number of hydrogen-bond acceptors (Lipinski definition) is 2. The Balaban J connectivity index is 3.16. The van der Waals surface area contributed by atoms with Crippen molar-refractivity contribution in [2.75, 3.05) is 7.11 Å². The zero-order chi connectivity index (χ0) is 9.14. The van der Waals surface area contributed by atoms with Crippen LogP contribution in [0, 0.1) is 12.7 Å². The van der Waals surface area contributed by atoms with Gasteiger partial charge in [-0.3, -0.25) is 0 Å². The summed E-state index contributed by atoms with van der Waals surface area (Å²) in [6.07, 6.45) is 0. The standard InChI is InChI=1S/C9H11FO2/c1-6-3-9(12-2)8(10)4-7(6)5-11/h3-4,11H,5H2,1-2H3. The maximum atomic E-state index is 13.0. The number of aryl methyl sites for hydroxylation is 1. The van der Waals surface area contributed by atoms with Crippen molar-refractivity contribution in [2.45, 2.75) is 13.5 Å². The van der Waals surface area contributed by atoms with Crippen LogP contribution >= 0.6 is 0 Å². The molecule has 66 valence electrons. The Morgan fingerprint density at radius 3 is 2.67 bits per heavy atom. The second-order valence-corrected chi connectivity index (χ2v) is 2.57. The van der Waals surface area contributed by atoms with Crippen molar-refractivity contribution < 1.29 is 14.2 Å². The van der Waals surface area contributed by atoms with Gasteiger partial charge >= 0.3 is 0 Å². The monoisotopic (exact) mass is 170 g/mol. The Morgan fingerprint density at radius 1 is 1.50 bits per heavy atom. The molecule has 1 aromatic rings. The molecule has 0 aliphatic rings. The van der Waals surface area contributed by atoms with Gasteiger partial charge in [-0.15, -0.1) is 0 Å². The Kier molecular flexibility index (Phi) is 2.65. The number of hydrogen-bond donors (Lipinski definition) is 1. The lowest BCUT2D eigenvalue weighted by Crippen LogP contribution is -1.94. The third-order valence-corrected chi connectivity index (χ3v) is 1.78. The highest BCUT2D eigenvalue weighted by molar-refractivity contribution is 5.35. The number of rotatable bonds is 2. The largest absolute Gasteiger partial charge is 0.494 e. The number of benzene rings is 1. The predicted molar refractivity (Wildman–Crippen MR) is 43.6 cm³/mol. The van der Waals surface area contributed by atoms with E-state index in [0.29, 0.717) is 5.56 Å². The molecule has 12 heavy (non-hydrogen) atoms. The fraction of sp³-hybridized carbons (Fsp3) is 0.333. The fourth-order valence-electron chi connectivity index (χ4n) is 1.02. The molecule has 1 rings (SSSR count). The van der Waals surface area contributed by atoms with Crippen LogP contribution in [0.4, 0.5) is 4.39 Å². The lowest BCUT2D eigenvalue weighted by molar-refractivity contribution is 0.279. The minimum atomic E-state index is -0.438. The first-order chi connectivity index (χ1) is 5.69. The summed E-state index contributed by atoms with van der Waals surface area (Å²) >= 11 is 0. The number of aliphatic hydroxyl groups excluding tert-OH is 1. The van der Waals surface area contributed by atoms with Crippen LogP contribution in [-0.2, 0) is 6.61 Å². The van der Waals surface area contributed by atoms with Crippen LogP contribution in [0.2, 0.25) is 0 Å². The van der Waals surface area contributed by atoms with Gasteiger partial charge in [0.05, 0.1) is 13.7 Å². The van der Waals surface area contributed by atoms with E-state index in [9.17, 15) is 4.39 Å². The maximum absolute atomic E-state index is 13.0. The zero-order valence-corrected chi connectivity index (χ0v) is 7.10. The van der Waals surface area contributed by atoms with Gasteiger partial charge in [0.15, 0.2) is 11.6 Å². The number of ether oxygens (including phenoxy) is 1. The van der Waals surface area contributed by atoms with Crippen molar-refractivity contribution >= 4 is 0 Å². The number of aliphatic hydroxyl groups is 1. The molecular weight excluding hydrogens is 159 g/mol.